The summed E-state index contributed by atoms with van der Waals surface area (Å²) in [5.74, 6) is 0. The molecular weight excluding hydrogens is 227 g/mol. The topological polar surface area (TPSA) is 44.8 Å². The number of hydrogen-bond donors (Lipinski definition) is 0. The first-order valence-corrected chi connectivity index (χ1v) is 7.59. The van der Waals surface area contributed by atoms with E-state index in [1.54, 1.807) is 6.92 Å². The maximum absolute atomic E-state index is 11.7. The van der Waals surface area contributed by atoms with E-state index in [-0.39, 0.29) is 0 Å². The Kier molecular flexibility index (Phi) is 10.3. The van der Waals surface area contributed by atoms with Crippen molar-refractivity contribution >= 4 is 7.82 Å². The Hall–Kier alpha value is 0.110. The maximum atomic E-state index is 11.7. The normalized spacial score (nSPS) is 14.9. The lowest BCUT2D eigenvalue weighted by atomic mass is 10.1. The third-order valence-corrected chi connectivity index (χ3v) is 3.78. The smallest absolute Gasteiger partial charge is 0.290 e. The molecule has 0 aliphatic rings. The molecule has 0 N–H and O–H groups in total. The van der Waals surface area contributed by atoms with Gasteiger partial charge in [-0.25, -0.2) is 4.57 Å². The summed E-state index contributed by atoms with van der Waals surface area (Å²) in [5, 5.41) is 0. The molecule has 1 unspecified atom stereocenters. The minimum atomic E-state index is -3.26. The van der Waals surface area contributed by atoms with Crippen LogP contribution in [0.25, 0.3) is 0 Å². The number of rotatable bonds is 11. The monoisotopic (exact) mass is 252 g/mol. The molecule has 0 bridgehead atoms. The molecule has 0 aromatic rings. The molecule has 98 valence electrons. The van der Waals surface area contributed by atoms with E-state index in [0.29, 0.717) is 13.2 Å². The Balaban J connectivity index is 3.45. The highest BCUT2D eigenvalue weighted by Crippen LogP contribution is 2.48. The van der Waals surface area contributed by atoms with E-state index in [1.165, 1.54) is 32.8 Å². The van der Waals surface area contributed by atoms with Gasteiger partial charge in [0.25, 0.3) is 0 Å². The highest BCUT2D eigenvalue weighted by atomic mass is 31.2. The maximum Gasteiger partial charge on any atom is 0.474 e. The van der Waals surface area contributed by atoms with Crippen molar-refractivity contribution in [1.29, 1.82) is 0 Å². The summed E-state index contributed by atoms with van der Waals surface area (Å²) in [4.78, 5) is 0. The van der Waals surface area contributed by atoms with Crippen molar-refractivity contribution in [3.05, 3.63) is 0 Å². The fraction of sp³-hybridized carbons (Fsp3) is 1.00. The van der Waals surface area contributed by atoms with E-state index in [4.69, 9.17) is 13.6 Å². The van der Waals surface area contributed by atoms with Gasteiger partial charge in [-0.3, -0.25) is 13.6 Å². The molecule has 0 aromatic carbocycles. The predicted octanol–water partition coefficient (Wildman–Crippen LogP) is 4.15. The summed E-state index contributed by atoms with van der Waals surface area (Å²) in [6.07, 6.45) is 7.03. The van der Waals surface area contributed by atoms with Gasteiger partial charge in [0.1, 0.15) is 0 Å². The van der Waals surface area contributed by atoms with Gasteiger partial charge in [-0.1, -0.05) is 39.0 Å². The van der Waals surface area contributed by atoms with E-state index in [0.717, 1.165) is 12.8 Å². The third-order valence-electron chi connectivity index (χ3n) is 2.26. The molecule has 0 saturated carbocycles. The molecule has 0 heterocycles. The standard InChI is InChI=1S/C11H25O4P/c1-4-6-7-8-9-10-11-15-16(12,13-3)14-5-2/h4-11H2,1-3H3. The molecule has 0 spiro atoms. The van der Waals surface area contributed by atoms with Crippen molar-refractivity contribution in [1.82, 2.24) is 0 Å². The summed E-state index contributed by atoms with van der Waals surface area (Å²) >= 11 is 0. The highest BCUT2D eigenvalue weighted by molar-refractivity contribution is 7.48. The molecule has 0 amide bonds. The van der Waals surface area contributed by atoms with Crippen LogP contribution in [-0.4, -0.2) is 20.3 Å². The van der Waals surface area contributed by atoms with Gasteiger partial charge in [0.2, 0.25) is 0 Å². The van der Waals surface area contributed by atoms with E-state index >= 15 is 0 Å². The molecule has 1 atom stereocenters. The van der Waals surface area contributed by atoms with Crippen LogP contribution in [-0.2, 0) is 18.1 Å². The number of phosphoric ester groups is 1. The first kappa shape index (κ1) is 16.1. The summed E-state index contributed by atoms with van der Waals surface area (Å²) in [5.41, 5.74) is 0. The van der Waals surface area contributed by atoms with Crippen LogP contribution in [0.15, 0.2) is 0 Å². The van der Waals surface area contributed by atoms with E-state index in [1.807, 2.05) is 0 Å². The van der Waals surface area contributed by atoms with Crippen molar-refractivity contribution in [2.75, 3.05) is 20.3 Å². The van der Waals surface area contributed by atoms with Crippen LogP contribution < -0.4 is 0 Å². The number of phosphoric acid groups is 1. The second kappa shape index (κ2) is 10.3. The van der Waals surface area contributed by atoms with Crippen LogP contribution in [0, 0.1) is 0 Å². The van der Waals surface area contributed by atoms with Gasteiger partial charge in [0.05, 0.1) is 13.2 Å². The Bertz CT molecular complexity index is 196. The van der Waals surface area contributed by atoms with Gasteiger partial charge in [0.15, 0.2) is 0 Å². The molecule has 4 nitrogen and oxygen atoms in total. The lowest BCUT2D eigenvalue weighted by molar-refractivity contribution is 0.134. The molecule has 0 aliphatic heterocycles. The largest absolute Gasteiger partial charge is 0.474 e. The van der Waals surface area contributed by atoms with Crippen molar-refractivity contribution in [3.8, 4) is 0 Å². The summed E-state index contributed by atoms with van der Waals surface area (Å²) in [6.45, 7) is 4.73. The predicted molar refractivity (Wildman–Crippen MR) is 65.6 cm³/mol. The number of unbranched alkanes of at least 4 members (excludes halogenated alkanes) is 5. The van der Waals surface area contributed by atoms with Crippen LogP contribution >= 0.6 is 7.82 Å². The SMILES string of the molecule is CCCCCCCCOP(=O)(OC)OCC. The Morgan fingerprint density at radius 3 is 2.12 bits per heavy atom. The van der Waals surface area contributed by atoms with Crippen LogP contribution in [0.5, 0.6) is 0 Å². The van der Waals surface area contributed by atoms with Gasteiger partial charge < -0.3 is 0 Å². The number of hydrogen-bond acceptors (Lipinski definition) is 4. The second-order valence-electron chi connectivity index (χ2n) is 3.65. The van der Waals surface area contributed by atoms with Gasteiger partial charge in [-0.05, 0) is 13.3 Å². The zero-order chi connectivity index (χ0) is 12.3. The zero-order valence-electron chi connectivity index (χ0n) is 10.7. The molecule has 5 heteroatoms. The van der Waals surface area contributed by atoms with Gasteiger partial charge in [0, 0.05) is 7.11 Å². The quantitative estimate of drug-likeness (QED) is 0.409. The molecule has 0 aliphatic carbocycles. The molecule has 0 rings (SSSR count). The average Bonchev–Trinajstić information content (AvgIpc) is 2.28. The lowest BCUT2D eigenvalue weighted by Crippen LogP contribution is -1.99. The van der Waals surface area contributed by atoms with E-state index in [2.05, 4.69) is 6.92 Å². The Labute approximate surface area is 99.3 Å². The Morgan fingerprint density at radius 2 is 1.56 bits per heavy atom. The van der Waals surface area contributed by atoms with E-state index in [9.17, 15) is 4.57 Å². The van der Waals surface area contributed by atoms with Crippen LogP contribution in [0.2, 0.25) is 0 Å². The van der Waals surface area contributed by atoms with Gasteiger partial charge in [-0.2, -0.15) is 0 Å². The molecule has 16 heavy (non-hydrogen) atoms. The molecule has 0 saturated heterocycles. The highest BCUT2D eigenvalue weighted by Gasteiger charge is 2.23. The lowest BCUT2D eigenvalue weighted by Gasteiger charge is -2.14. The summed E-state index contributed by atoms with van der Waals surface area (Å²) < 4.78 is 26.5. The Morgan fingerprint density at radius 1 is 0.938 bits per heavy atom. The van der Waals surface area contributed by atoms with Crippen molar-refractivity contribution in [2.45, 2.75) is 52.4 Å². The second-order valence-corrected chi connectivity index (χ2v) is 5.42. The van der Waals surface area contributed by atoms with Crippen molar-refractivity contribution in [3.63, 3.8) is 0 Å². The summed E-state index contributed by atoms with van der Waals surface area (Å²) in [7, 11) is -1.92. The average molecular weight is 252 g/mol. The van der Waals surface area contributed by atoms with Crippen LogP contribution in [0.1, 0.15) is 52.4 Å². The van der Waals surface area contributed by atoms with Crippen molar-refractivity contribution < 1.29 is 18.1 Å². The minimum Gasteiger partial charge on any atom is -0.290 e. The van der Waals surface area contributed by atoms with Crippen LogP contribution in [0.3, 0.4) is 0 Å². The van der Waals surface area contributed by atoms with Crippen LogP contribution in [0.4, 0.5) is 0 Å². The zero-order valence-corrected chi connectivity index (χ0v) is 11.6. The third kappa shape index (κ3) is 8.28. The first-order chi connectivity index (χ1) is 7.68. The van der Waals surface area contributed by atoms with Crippen molar-refractivity contribution in [2.24, 2.45) is 0 Å². The molecular formula is C11H25O4P. The fourth-order valence-electron chi connectivity index (χ4n) is 1.36. The molecule has 0 aromatic heterocycles. The first-order valence-electron chi connectivity index (χ1n) is 6.13. The van der Waals surface area contributed by atoms with Gasteiger partial charge >= 0.3 is 7.82 Å². The van der Waals surface area contributed by atoms with Gasteiger partial charge in [-0.15, -0.1) is 0 Å². The van der Waals surface area contributed by atoms with E-state index < -0.39 is 7.82 Å². The molecule has 0 radical (unpaired) electrons. The minimum absolute atomic E-state index is 0.335. The summed E-state index contributed by atoms with van der Waals surface area (Å²) in [6, 6.07) is 0. The fourth-order valence-corrected chi connectivity index (χ4v) is 2.31. The molecule has 0 fully saturated rings.